The van der Waals surface area contributed by atoms with Crippen LogP contribution in [0.5, 0.6) is 5.75 Å². The Morgan fingerprint density at radius 2 is 1.89 bits per heavy atom. The molecular weight excluding hydrogens is 374 g/mol. The molecule has 9 nitrogen and oxygen atoms in total. The predicted octanol–water partition coefficient (Wildman–Crippen LogP) is 1.92. The zero-order valence-electron chi connectivity index (χ0n) is 14.7. The number of hydrogen-bond donors (Lipinski definition) is 0. The Labute approximate surface area is 156 Å². The van der Waals surface area contributed by atoms with Crippen LogP contribution in [0.3, 0.4) is 0 Å². The second-order valence-corrected chi connectivity index (χ2v) is 7.29. The van der Waals surface area contributed by atoms with Gasteiger partial charge in [0.1, 0.15) is 17.2 Å². The van der Waals surface area contributed by atoms with Crippen molar-refractivity contribution in [1.29, 1.82) is 0 Å². The SMILES string of the molecule is CCOC(=O)CN1C(=O)N(c2ccc(OC)cc2)c2ncccc2S1(=O)=O. The van der Waals surface area contributed by atoms with E-state index in [2.05, 4.69) is 4.98 Å². The first-order valence-electron chi connectivity index (χ1n) is 8.01. The quantitative estimate of drug-likeness (QED) is 0.717. The molecule has 2 aromatic rings. The number of ether oxygens (including phenoxy) is 2. The third-order valence-electron chi connectivity index (χ3n) is 3.84. The molecule has 1 aromatic heterocycles. The van der Waals surface area contributed by atoms with Crippen LogP contribution in [-0.4, -0.2) is 50.0 Å². The van der Waals surface area contributed by atoms with E-state index < -0.39 is 28.6 Å². The number of nitrogens with zero attached hydrogens (tertiary/aromatic N) is 3. The maximum absolute atomic E-state index is 13.0. The van der Waals surface area contributed by atoms with Crippen molar-refractivity contribution in [2.75, 3.05) is 25.2 Å². The molecule has 1 aromatic carbocycles. The number of rotatable bonds is 5. The van der Waals surface area contributed by atoms with Crippen LogP contribution in [0.4, 0.5) is 16.3 Å². The summed E-state index contributed by atoms with van der Waals surface area (Å²) in [6.07, 6.45) is 1.39. The van der Waals surface area contributed by atoms with Gasteiger partial charge < -0.3 is 9.47 Å². The first kappa shape index (κ1) is 18.6. The topological polar surface area (TPSA) is 106 Å². The number of sulfonamides is 1. The van der Waals surface area contributed by atoms with Gasteiger partial charge in [-0.25, -0.2) is 27.4 Å². The standard InChI is InChI=1S/C17H17N3O6S/c1-3-26-15(21)11-19-17(22)20(12-6-8-13(25-2)9-7-12)16-14(27(19,23)24)5-4-10-18-16/h4-10H,3,11H2,1-2H3. The van der Waals surface area contributed by atoms with Gasteiger partial charge in [0.05, 0.1) is 19.4 Å². The summed E-state index contributed by atoms with van der Waals surface area (Å²) in [6.45, 7) is 0.935. The average molecular weight is 391 g/mol. The molecule has 0 aliphatic carbocycles. The lowest BCUT2D eigenvalue weighted by Crippen LogP contribution is -2.51. The molecule has 0 fully saturated rings. The van der Waals surface area contributed by atoms with E-state index in [0.717, 1.165) is 4.90 Å². The summed E-state index contributed by atoms with van der Waals surface area (Å²) in [6, 6.07) is 8.30. The van der Waals surface area contributed by atoms with Gasteiger partial charge in [0.2, 0.25) is 0 Å². The Balaban J connectivity index is 2.12. The van der Waals surface area contributed by atoms with Crippen LogP contribution in [0, 0.1) is 0 Å². The number of pyridine rings is 1. The predicted molar refractivity (Wildman–Crippen MR) is 95.3 cm³/mol. The van der Waals surface area contributed by atoms with E-state index in [9.17, 15) is 18.0 Å². The molecule has 2 amide bonds. The zero-order valence-corrected chi connectivity index (χ0v) is 15.5. The highest BCUT2D eigenvalue weighted by atomic mass is 32.2. The van der Waals surface area contributed by atoms with E-state index in [0.29, 0.717) is 15.7 Å². The van der Waals surface area contributed by atoms with Crippen molar-refractivity contribution in [1.82, 2.24) is 9.29 Å². The van der Waals surface area contributed by atoms with E-state index in [1.807, 2.05) is 0 Å². The molecule has 0 saturated heterocycles. The van der Waals surface area contributed by atoms with Crippen molar-refractivity contribution in [3.63, 3.8) is 0 Å². The highest BCUT2D eigenvalue weighted by molar-refractivity contribution is 7.90. The molecule has 1 aliphatic rings. The molecule has 0 bridgehead atoms. The monoisotopic (exact) mass is 391 g/mol. The number of anilines is 2. The normalized spacial score (nSPS) is 15.3. The molecule has 0 atom stereocenters. The molecule has 0 N–H and O–H groups in total. The number of esters is 1. The summed E-state index contributed by atoms with van der Waals surface area (Å²) in [7, 11) is -2.74. The van der Waals surface area contributed by atoms with Crippen molar-refractivity contribution in [2.45, 2.75) is 11.8 Å². The fraction of sp³-hybridized carbons (Fsp3) is 0.235. The minimum Gasteiger partial charge on any atom is -0.497 e. The van der Waals surface area contributed by atoms with Crippen LogP contribution >= 0.6 is 0 Å². The lowest BCUT2D eigenvalue weighted by atomic mass is 10.2. The number of carbonyl (C=O) groups excluding carboxylic acids is 2. The maximum Gasteiger partial charge on any atom is 0.344 e. The van der Waals surface area contributed by atoms with Crippen molar-refractivity contribution in [3.05, 3.63) is 42.6 Å². The molecule has 2 heterocycles. The number of hydrogen-bond acceptors (Lipinski definition) is 7. The van der Waals surface area contributed by atoms with Crippen molar-refractivity contribution >= 4 is 33.5 Å². The lowest BCUT2D eigenvalue weighted by Gasteiger charge is -2.34. The Hall–Kier alpha value is -3.14. The van der Waals surface area contributed by atoms with Crippen molar-refractivity contribution in [2.24, 2.45) is 0 Å². The van der Waals surface area contributed by atoms with Gasteiger partial charge in [-0.15, -0.1) is 0 Å². The molecule has 27 heavy (non-hydrogen) atoms. The van der Waals surface area contributed by atoms with Gasteiger partial charge in [-0.1, -0.05) is 0 Å². The third kappa shape index (κ3) is 3.31. The van der Waals surface area contributed by atoms with Gasteiger partial charge in [-0.2, -0.15) is 0 Å². The van der Waals surface area contributed by atoms with Crippen molar-refractivity contribution in [3.8, 4) is 5.75 Å². The summed E-state index contributed by atoms with van der Waals surface area (Å²) >= 11 is 0. The van der Waals surface area contributed by atoms with Gasteiger partial charge in [0.25, 0.3) is 10.0 Å². The summed E-state index contributed by atoms with van der Waals surface area (Å²) in [5.41, 5.74) is 0.379. The highest BCUT2D eigenvalue weighted by Gasteiger charge is 2.44. The molecule has 10 heteroatoms. The van der Waals surface area contributed by atoms with Crippen molar-refractivity contribution < 1.29 is 27.5 Å². The minimum absolute atomic E-state index is 0.0345. The fourth-order valence-electron chi connectivity index (χ4n) is 2.62. The molecule has 3 rings (SSSR count). The summed E-state index contributed by atoms with van der Waals surface area (Å²) in [5, 5.41) is 0. The van der Waals surface area contributed by atoms with Crippen LogP contribution < -0.4 is 9.64 Å². The van der Waals surface area contributed by atoms with E-state index >= 15 is 0 Å². The van der Waals surface area contributed by atoms with Crippen LogP contribution in [-0.2, 0) is 19.6 Å². The molecule has 0 unspecified atom stereocenters. The van der Waals surface area contributed by atoms with E-state index in [-0.39, 0.29) is 17.3 Å². The maximum atomic E-state index is 13.0. The smallest absolute Gasteiger partial charge is 0.344 e. The van der Waals surface area contributed by atoms with Crippen LogP contribution in [0.1, 0.15) is 6.92 Å². The van der Waals surface area contributed by atoms with E-state index in [1.165, 1.54) is 25.4 Å². The van der Waals surface area contributed by atoms with E-state index in [4.69, 9.17) is 9.47 Å². The number of fused-ring (bicyclic) bond motifs is 1. The van der Waals surface area contributed by atoms with Crippen LogP contribution in [0.15, 0.2) is 47.5 Å². The molecule has 1 aliphatic heterocycles. The second kappa shape index (κ2) is 7.23. The number of aromatic nitrogens is 1. The summed E-state index contributed by atoms with van der Waals surface area (Å²) in [5.74, 6) is -0.287. The summed E-state index contributed by atoms with van der Waals surface area (Å²) < 4.78 is 36.1. The molecule has 0 radical (unpaired) electrons. The van der Waals surface area contributed by atoms with Gasteiger partial charge in [0, 0.05) is 6.20 Å². The molecule has 142 valence electrons. The largest absolute Gasteiger partial charge is 0.497 e. The minimum atomic E-state index is -4.25. The Kier molecular flexibility index (Phi) is 5.00. The van der Waals surface area contributed by atoms with Gasteiger partial charge >= 0.3 is 12.0 Å². The molecule has 0 spiro atoms. The number of methoxy groups -OCH3 is 1. The first-order valence-corrected chi connectivity index (χ1v) is 9.45. The fourth-order valence-corrected chi connectivity index (χ4v) is 4.04. The number of amides is 2. The zero-order chi connectivity index (χ0) is 19.6. The molecule has 0 saturated carbocycles. The molecular formula is C17H17N3O6S. The van der Waals surface area contributed by atoms with Gasteiger partial charge in [-0.3, -0.25) is 4.79 Å². The Morgan fingerprint density at radius 3 is 2.52 bits per heavy atom. The van der Waals surface area contributed by atoms with E-state index in [1.54, 1.807) is 31.2 Å². The van der Waals surface area contributed by atoms with Gasteiger partial charge in [-0.05, 0) is 43.3 Å². The van der Waals surface area contributed by atoms with Gasteiger partial charge in [0.15, 0.2) is 5.82 Å². The Bertz CT molecular complexity index is 974. The number of urea groups is 1. The second-order valence-electron chi connectivity index (χ2n) is 5.46. The summed E-state index contributed by atoms with van der Waals surface area (Å²) in [4.78, 5) is 29.9. The number of carbonyl (C=O) groups is 2. The highest BCUT2D eigenvalue weighted by Crippen LogP contribution is 2.37. The van der Waals surface area contributed by atoms with Crippen LogP contribution in [0.2, 0.25) is 0 Å². The number of benzene rings is 1. The lowest BCUT2D eigenvalue weighted by molar-refractivity contribution is -0.142. The Morgan fingerprint density at radius 1 is 1.19 bits per heavy atom. The first-order chi connectivity index (χ1) is 12.9. The average Bonchev–Trinajstić information content (AvgIpc) is 2.66. The third-order valence-corrected chi connectivity index (χ3v) is 5.58. The van der Waals surface area contributed by atoms with Crippen LogP contribution in [0.25, 0.3) is 0 Å².